The summed E-state index contributed by atoms with van der Waals surface area (Å²) in [4.78, 5) is 2.34. The maximum absolute atomic E-state index is 14.2. The second-order valence-corrected chi connectivity index (χ2v) is 5.91. The van der Waals surface area contributed by atoms with Gasteiger partial charge < -0.3 is 10.2 Å². The van der Waals surface area contributed by atoms with Crippen LogP contribution in [0.5, 0.6) is 0 Å². The molecule has 0 unspecified atom stereocenters. The Bertz CT molecular complexity index is 404. The van der Waals surface area contributed by atoms with E-state index in [-0.39, 0.29) is 5.82 Å². The Morgan fingerprint density at radius 2 is 1.90 bits per heavy atom. The molecule has 3 heteroatoms. The Kier molecular flexibility index (Phi) is 8.36. The highest BCUT2D eigenvalue weighted by atomic mass is 19.1. The van der Waals surface area contributed by atoms with E-state index < -0.39 is 0 Å². The summed E-state index contributed by atoms with van der Waals surface area (Å²) in [5, 5.41) is 3.33. The van der Waals surface area contributed by atoms with Crippen molar-refractivity contribution in [2.45, 2.75) is 66.0 Å². The average molecular weight is 294 g/mol. The van der Waals surface area contributed by atoms with Crippen LogP contribution in [0.2, 0.25) is 0 Å². The number of hydrogen-bond donors (Lipinski definition) is 1. The van der Waals surface area contributed by atoms with E-state index in [1.165, 1.54) is 12.8 Å². The van der Waals surface area contributed by atoms with Gasteiger partial charge in [0.25, 0.3) is 0 Å². The van der Waals surface area contributed by atoms with Crippen molar-refractivity contribution in [1.82, 2.24) is 5.32 Å². The van der Waals surface area contributed by atoms with E-state index in [0.29, 0.717) is 12.6 Å². The van der Waals surface area contributed by atoms with Gasteiger partial charge in [-0.1, -0.05) is 32.8 Å². The van der Waals surface area contributed by atoms with Crippen molar-refractivity contribution >= 4 is 5.69 Å². The third-order valence-electron chi connectivity index (χ3n) is 3.76. The van der Waals surface area contributed by atoms with Crippen LogP contribution >= 0.6 is 0 Å². The first-order chi connectivity index (χ1) is 10.1. The van der Waals surface area contributed by atoms with Gasteiger partial charge in [-0.25, -0.2) is 4.39 Å². The molecule has 0 saturated carbocycles. The standard InChI is InChI=1S/C18H31FN2/c1-5-7-8-13-21(15(3)4)18-11-9-10-17(19)16(18)14-20-12-6-2/h9-11,15,20H,5-8,12-14H2,1-4H3. The van der Waals surface area contributed by atoms with E-state index in [1.54, 1.807) is 6.07 Å². The maximum atomic E-state index is 14.2. The van der Waals surface area contributed by atoms with E-state index in [9.17, 15) is 4.39 Å². The summed E-state index contributed by atoms with van der Waals surface area (Å²) in [5.74, 6) is -0.0998. The van der Waals surface area contributed by atoms with Gasteiger partial charge >= 0.3 is 0 Å². The van der Waals surface area contributed by atoms with E-state index in [0.717, 1.165) is 37.2 Å². The van der Waals surface area contributed by atoms with Gasteiger partial charge in [0.05, 0.1) is 0 Å². The molecular formula is C18H31FN2. The largest absolute Gasteiger partial charge is 0.369 e. The number of unbranched alkanes of at least 4 members (excludes halogenated alkanes) is 2. The van der Waals surface area contributed by atoms with E-state index in [2.05, 4.69) is 44.0 Å². The van der Waals surface area contributed by atoms with Crippen molar-refractivity contribution in [3.63, 3.8) is 0 Å². The first-order valence-corrected chi connectivity index (χ1v) is 8.36. The fourth-order valence-electron chi connectivity index (χ4n) is 2.57. The van der Waals surface area contributed by atoms with Crippen molar-refractivity contribution in [3.8, 4) is 0 Å². The van der Waals surface area contributed by atoms with Gasteiger partial charge in [-0.05, 0) is 45.4 Å². The molecule has 0 aromatic heterocycles. The Labute approximate surface area is 129 Å². The van der Waals surface area contributed by atoms with Crippen molar-refractivity contribution in [3.05, 3.63) is 29.6 Å². The molecule has 1 aromatic rings. The lowest BCUT2D eigenvalue weighted by molar-refractivity contribution is 0.575. The highest BCUT2D eigenvalue weighted by Crippen LogP contribution is 2.25. The Morgan fingerprint density at radius 3 is 2.52 bits per heavy atom. The van der Waals surface area contributed by atoms with Gasteiger partial charge in [0.1, 0.15) is 5.82 Å². The lowest BCUT2D eigenvalue weighted by atomic mass is 10.1. The Balaban J connectivity index is 2.92. The predicted molar refractivity (Wildman–Crippen MR) is 90.4 cm³/mol. The normalized spacial score (nSPS) is 11.1. The van der Waals surface area contributed by atoms with Crippen molar-refractivity contribution in [2.75, 3.05) is 18.0 Å². The topological polar surface area (TPSA) is 15.3 Å². The number of benzene rings is 1. The lowest BCUT2D eigenvalue weighted by Gasteiger charge is -2.31. The van der Waals surface area contributed by atoms with E-state index in [4.69, 9.17) is 0 Å². The zero-order valence-electron chi connectivity index (χ0n) is 14.1. The molecule has 0 spiro atoms. The minimum atomic E-state index is -0.0998. The molecular weight excluding hydrogens is 263 g/mol. The summed E-state index contributed by atoms with van der Waals surface area (Å²) in [6, 6.07) is 5.83. The molecule has 2 nitrogen and oxygen atoms in total. The van der Waals surface area contributed by atoms with E-state index >= 15 is 0 Å². The van der Waals surface area contributed by atoms with Crippen LogP contribution in [-0.2, 0) is 6.54 Å². The monoisotopic (exact) mass is 294 g/mol. The summed E-state index contributed by atoms with van der Waals surface area (Å²) < 4.78 is 14.2. The molecule has 0 aliphatic carbocycles. The first-order valence-electron chi connectivity index (χ1n) is 8.36. The van der Waals surface area contributed by atoms with Gasteiger partial charge in [0, 0.05) is 30.4 Å². The van der Waals surface area contributed by atoms with Gasteiger partial charge in [-0.15, -0.1) is 0 Å². The van der Waals surface area contributed by atoms with Crippen LogP contribution in [0.3, 0.4) is 0 Å². The summed E-state index contributed by atoms with van der Waals surface area (Å²) in [6.45, 7) is 11.2. The van der Waals surface area contributed by atoms with Crippen molar-refractivity contribution in [2.24, 2.45) is 0 Å². The first kappa shape index (κ1) is 18.0. The average Bonchev–Trinajstić information content (AvgIpc) is 2.45. The van der Waals surface area contributed by atoms with Gasteiger partial charge in [0.15, 0.2) is 0 Å². The zero-order chi connectivity index (χ0) is 15.7. The Morgan fingerprint density at radius 1 is 1.14 bits per heavy atom. The minimum absolute atomic E-state index is 0.0998. The SMILES string of the molecule is CCCCCN(c1cccc(F)c1CNCCC)C(C)C. The molecule has 120 valence electrons. The van der Waals surface area contributed by atoms with Gasteiger partial charge in [-0.3, -0.25) is 0 Å². The number of halogens is 1. The van der Waals surface area contributed by atoms with Gasteiger partial charge in [0.2, 0.25) is 0 Å². The number of hydrogen-bond acceptors (Lipinski definition) is 2. The van der Waals surface area contributed by atoms with Crippen LogP contribution in [0.15, 0.2) is 18.2 Å². The molecule has 0 amide bonds. The summed E-state index contributed by atoms with van der Waals surface area (Å²) >= 11 is 0. The van der Waals surface area contributed by atoms with Gasteiger partial charge in [-0.2, -0.15) is 0 Å². The Hall–Kier alpha value is -1.09. The molecule has 1 aromatic carbocycles. The summed E-state index contributed by atoms with van der Waals surface area (Å²) in [6.07, 6.45) is 4.66. The number of rotatable bonds is 10. The molecule has 21 heavy (non-hydrogen) atoms. The highest BCUT2D eigenvalue weighted by molar-refractivity contribution is 5.55. The van der Waals surface area contributed by atoms with Crippen LogP contribution in [0.25, 0.3) is 0 Å². The quantitative estimate of drug-likeness (QED) is 0.628. The minimum Gasteiger partial charge on any atom is -0.369 e. The van der Waals surface area contributed by atoms with Crippen LogP contribution in [0.4, 0.5) is 10.1 Å². The smallest absolute Gasteiger partial charge is 0.129 e. The number of nitrogens with zero attached hydrogens (tertiary/aromatic N) is 1. The third-order valence-corrected chi connectivity index (χ3v) is 3.76. The summed E-state index contributed by atoms with van der Waals surface area (Å²) in [7, 11) is 0. The molecule has 0 bridgehead atoms. The third kappa shape index (κ3) is 5.66. The van der Waals surface area contributed by atoms with Crippen LogP contribution in [0, 0.1) is 5.82 Å². The zero-order valence-corrected chi connectivity index (χ0v) is 14.1. The fourth-order valence-corrected chi connectivity index (χ4v) is 2.57. The second kappa shape index (κ2) is 9.78. The molecule has 0 aliphatic heterocycles. The number of nitrogens with one attached hydrogen (secondary N) is 1. The molecule has 1 rings (SSSR count). The molecule has 0 fully saturated rings. The van der Waals surface area contributed by atoms with E-state index in [1.807, 2.05) is 6.07 Å². The molecule has 0 atom stereocenters. The van der Waals surface area contributed by atoms with Crippen LogP contribution in [-0.4, -0.2) is 19.1 Å². The predicted octanol–water partition coefficient (Wildman–Crippen LogP) is 4.73. The summed E-state index contributed by atoms with van der Waals surface area (Å²) in [5.41, 5.74) is 1.85. The lowest BCUT2D eigenvalue weighted by Crippen LogP contribution is -2.33. The van der Waals surface area contributed by atoms with Crippen molar-refractivity contribution in [1.29, 1.82) is 0 Å². The highest BCUT2D eigenvalue weighted by Gasteiger charge is 2.16. The maximum Gasteiger partial charge on any atom is 0.129 e. The second-order valence-electron chi connectivity index (χ2n) is 5.91. The fraction of sp³-hybridized carbons (Fsp3) is 0.667. The van der Waals surface area contributed by atoms with Crippen LogP contribution in [0.1, 0.15) is 58.9 Å². The molecule has 0 radical (unpaired) electrons. The molecule has 1 N–H and O–H groups in total. The molecule has 0 saturated heterocycles. The molecule has 0 heterocycles. The van der Waals surface area contributed by atoms with Crippen LogP contribution < -0.4 is 10.2 Å². The molecule has 0 aliphatic rings. The number of anilines is 1. The van der Waals surface area contributed by atoms with Crippen molar-refractivity contribution < 1.29 is 4.39 Å².